The number of ether oxygens (including phenoxy) is 4. The van der Waals surface area contributed by atoms with Crippen molar-refractivity contribution >= 4 is 40.6 Å². The van der Waals surface area contributed by atoms with Gasteiger partial charge in [0.1, 0.15) is 5.69 Å². The zero-order chi connectivity index (χ0) is 31.8. The number of hydrogen-bond donors (Lipinski definition) is 2. The number of para-hydroxylation sites is 1. The highest BCUT2D eigenvalue weighted by molar-refractivity contribution is 6.34. The maximum absolute atomic E-state index is 13.3. The average Bonchev–Trinajstić information content (AvgIpc) is 3.43. The highest BCUT2D eigenvalue weighted by Gasteiger charge is 2.21. The monoisotopic (exact) mass is 625 g/mol. The highest BCUT2D eigenvalue weighted by Crippen LogP contribution is 2.37. The number of aromatic amines is 1. The van der Waals surface area contributed by atoms with Crippen LogP contribution in [0.2, 0.25) is 5.02 Å². The van der Waals surface area contributed by atoms with E-state index in [1.165, 1.54) is 6.21 Å². The fourth-order valence-corrected chi connectivity index (χ4v) is 5.00. The van der Waals surface area contributed by atoms with Crippen LogP contribution in [0.5, 0.6) is 23.0 Å². The molecule has 0 fully saturated rings. The molecular formula is C35H32ClN3O6. The molecule has 0 saturated heterocycles. The summed E-state index contributed by atoms with van der Waals surface area (Å²) in [6.45, 7) is 6.77. The van der Waals surface area contributed by atoms with E-state index in [2.05, 4.69) is 15.5 Å². The topological polar surface area (TPSA) is 111 Å². The summed E-state index contributed by atoms with van der Waals surface area (Å²) in [6.07, 6.45) is 1.48. The summed E-state index contributed by atoms with van der Waals surface area (Å²) in [5.74, 6) is 0.562. The van der Waals surface area contributed by atoms with Crippen molar-refractivity contribution in [1.82, 2.24) is 10.4 Å². The molecule has 0 aliphatic heterocycles. The number of esters is 1. The van der Waals surface area contributed by atoms with Crippen LogP contribution in [0, 0.1) is 0 Å². The molecule has 45 heavy (non-hydrogen) atoms. The zero-order valence-corrected chi connectivity index (χ0v) is 25.8. The largest absolute Gasteiger partial charge is 0.490 e. The number of halogens is 1. The Hall–Kier alpha value is -5.28. The lowest BCUT2D eigenvalue weighted by molar-refractivity contribution is 0.0727. The third-order valence-electron chi connectivity index (χ3n) is 6.71. The van der Waals surface area contributed by atoms with Gasteiger partial charge in [-0.15, -0.1) is 0 Å². The second-order valence-corrected chi connectivity index (χ2v) is 10.1. The standard InChI is InChI=1S/C35H32ClN3O6/c1-4-42-28-18-16-23(20-31(28)44-6-3)35(41)45-29-17-15-22(19-30(29)43-5-2)21-37-39-34(40)33-32(24-11-7-9-13-26(24)36)25-12-8-10-14-27(25)38-33/h7-21,38H,4-6H2,1-3H3,(H,39,40). The molecule has 0 spiro atoms. The van der Waals surface area contributed by atoms with E-state index in [1.54, 1.807) is 42.5 Å². The van der Waals surface area contributed by atoms with Crippen LogP contribution in [0.3, 0.4) is 0 Å². The van der Waals surface area contributed by atoms with Gasteiger partial charge in [0, 0.05) is 27.1 Å². The smallest absolute Gasteiger partial charge is 0.343 e. The van der Waals surface area contributed by atoms with Gasteiger partial charge in [-0.2, -0.15) is 5.10 Å². The van der Waals surface area contributed by atoms with Crippen molar-refractivity contribution in [2.75, 3.05) is 19.8 Å². The minimum absolute atomic E-state index is 0.234. The van der Waals surface area contributed by atoms with E-state index >= 15 is 0 Å². The highest BCUT2D eigenvalue weighted by atomic mass is 35.5. The Morgan fingerprint density at radius 1 is 0.800 bits per heavy atom. The Labute approximate surface area is 265 Å². The van der Waals surface area contributed by atoms with Crippen LogP contribution in [-0.4, -0.2) is 42.9 Å². The van der Waals surface area contributed by atoms with E-state index in [1.807, 2.05) is 63.2 Å². The van der Waals surface area contributed by atoms with Gasteiger partial charge < -0.3 is 23.9 Å². The minimum atomic E-state index is -0.582. The summed E-state index contributed by atoms with van der Waals surface area (Å²) >= 11 is 6.51. The first-order chi connectivity index (χ1) is 21.9. The number of hydrogen-bond acceptors (Lipinski definition) is 7. The number of nitrogens with zero attached hydrogens (tertiary/aromatic N) is 1. The zero-order valence-electron chi connectivity index (χ0n) is 25.1. The number of aromatic nitrogens is 1. The number of H-pyrrole nitrogens is 1. The Morgan fingerprint density at radius 2 is 1.47 bits per heavy atom. The van der Waals surface area contributed by atoms with Crippen LogP contribution >= 0.6 is 11.6 Å². The number of carbonyl (C=O) groups excluding carboxylic acids is 2. The maximum atomic E-state index is 13.3. The van der Waals surface area contributed by atoms with Gasteiger partial charge >= 0.3 is 5.97 Å². The van der Waals surface area contributed by atoms with Crippen molar-refractivity contribution in [3.8, 4) is 34.1 Å². The van der Waals surface area contributed by atoms with Crippen LogP contribution in [0.25, 0.3) is 22.0 Å². The van der Waals surface area contributed by atoms with Gasteiger partial charge in [0.15, 0.2) is 23.0 Å². The lowest BCUT2D eigenvalue weighted by Crippen LogP contribution is -2.19. The van der Waals surface area contributed by atoms with Crippen LogP contribution in [-0.2, 0) is 0 Å². The number of rotatable bonds is 12. The summed E-state index contributed by atoms with van der Waals surface area (Å²) < 4.78 is 22.6. The molecule has 5 aromatic rings. The lowest BCUT2D eigenvalue weighted by Gasteiger charge is -2.13. The predicted molar refractivity (Wildman–Crippen MR) is 175 cm³/mol. The third kappa shape index (κ3) is 7.11. The number of fused-ring (bicyclic) bond motifs is 1. The second-order valence-electron chi connectivity index (χ2n) is 9.66. The Bertz CT molecular complexity index is 1870. The summed E-state index contributed by atoms with van der Waals surface area (Å²) in [6, 6.07) is 24.8. The molecule has 1 amide bonds. The second kappa shape index (κ2) is 14.5. The summed E-state index contributed by atoms with van der Waals surface area (Å²) in [4.78, 5) is 29.5. The van der Waals surface area contributed by atoms with E-state index < -0.39 is 11.9 Å². The first kappa shape index (κ1) is 31.2. The molecule has 1 aromatic heterocycles. The minimum Gasteiger partial charge on any atom is -0.490 e. The van der Waals surface area contributed by atoms with Crippen LogP contribution in [0.15, 0.2) is 90.0 Å². The van der Waals surface area contributed by atoms with E-state index in [0.29, 0.717) is 64.5 Å². The fraction of sp³-hybridized carbons (Fsp3) is 0.171. The number of hydrazone groups is 1. The van der Waals surface area contributed by atoms with Crippen LogP contribution in [0.1, 0.15) is 47.2 Å². The Morgan fingerprint density at radius 3 is 2.22 bits per heavy atom. The van der Waals surface area contributed by atoms with Crippen molar-refractivity contribution in [2.24, 2.45) is 5.10 Å². The number of nitrogens with one attached hydrogen (secondary N) is 2. The Kier molecular flexibility index (Phi) is 10.0. The molecule has 0 aliphatic carbocycles. The summed E-state index contributed by atoms with van der Waals surface area (Å²) in [5.41, 5.74) is 6.06. The van der Waals surface area contributed by atoms with E-state index in [-0.39, 0.29) is 5.75 Å². The molecule has 0 saturated carbocycles. The van der Waals surface area contributed by atoms with E-state index in [0.717, 1.165) is 16.5 Å². The van der Waals surface area contributed by atoms with Gasteiger partial charge in [0.25, 0.3) is 5.91 Å². The van der Waals surface area contributed by atoms with Gasteiger partial charge in [-0.25, -0.2) is 10.2 Å². The first-order valence-electron chi connectivity index (χ1n) is 14.5. The number of carbonyl (C=O) groups is 2. The molecule has 0 radical (unpaired) electrons. The van der Waals surface area contributed by atoms with Crippen LogP contribution in [0.4, 0.5) is 0 Å². The molecule has 4 aromatic carbocycles. The molecule has 2 N–H and O–H groups in total. The molecule has 0 unspecified atom stereocenters. The van der Waals surface area contributed by atoms with Gasteiger partial charge in [-0.3, -0.25) is 4.79 Å². The lowest BCUT2D eigenvalue weighted by atomic mass is 10.0. The first-order valence-corrected chi connectivity index (χ1v) is 14.9. The quantitative estimate of drug-likeness (QED) is 0.0637. The fourth-order valence-electron chi connectivity index (χ4n) is 4.77. The molecule has 1 heterocycles. The SMILES string of the molecule is CCOc1ccc(C(=O)Oc2ccc(C=NNC(=O)c3[nH]c4ccccc4c3-c3ccccc3Cl)cc2OCC)cc1OCC. The molecule has 0 bridgehead atoms. The number of amides is 1. The van der Waals surface area contributed by atoms with Gasteiger partial charge in [0.2, 0.25) is 0 Å². The Balaban J connectivity index is 1.34. The van der Waals surface area contributed by atoms with E-state index in [9.17, 15) is 9.59 Å². The van der Waals surface area contributed by atoms with Crippen molar-refractivity contribution in [3.05, 3.63) is 107 Å². The van der Waals surface area contributed by atoms with Gasteiger partial charge in [-0.05, 0) is 74.9 Å². The normalized spacial score (nSPS) is 11.0. The summed E-state index contributed by atoms with van der Waals surface area (Å²) in [5, 5.41) is 5.56. The molecule has 0 atom stereocenters. The molecule has 230 valence electrons. The molecular weight excluding hydrogens is 594 g/mol. The van der Waals surface area contributed by atoms with E-state index in [4.69, 9.17) is 30.5 Å². The third-order valence-corrected chi connectivity index (χ3v) is 7.03. The van der Waals surface area contributed by atoms with Gasteiger partial charge in [-0.1, -0.05) is 48.0 Å². The van der Waals surface area contributed by atoms with Crippen molar-refractivity contribution < 1.29 is 28.5 Å². The van der Waals surface area contributed by atoms with Crippen LogP contribution < -0.4 is 24.4 Å². The van der Waals surface area contributed by atoms with Crippen molar-refractivity contribution in [2.45, 2.75) is 20.8 Å². The molecule has 5 rings (SSSR count). The van der Waals surface area contributed by atoms with Crippen molar-refractivity contribution in [3.63, 3.8) is 0 Å². The maximum Gasteiger partial charge on any atom is 0.343 e. The molecule has 10 heteroatoms. The van der Waals surface area contributed by atoms with Gasteiger partial charge in [0.05, 0.1) is 31.6 Å². The van der Waals surface area contributed by atoms with Crippen molar-refractivity contribution in [1.29, 1.82) is 0 Å². The molecule has 9 nitrogen and oxygen atoms in total. The number of benzene rings is 4. The molecule has 0 aliphatic rings. The summed E-state index contributed by atoms with van der Waals surface area (Å²) in [7, 11) is 0. The predicted octanol–water partition coefficient (Wildman–Crippen LogP) is 7.67. The average molecular weight is 626 g/mol.